The van der Waals surface area contributed by atoms with Gasteiger partial charge in [0.15, 0.2) is 6.10 Å². The second-order valence-electron chi connectivity index (χ2n) is 19.1. The first-order chi connectivity index (χ1) is 33.6. The van der Waals surface area contributed by atoms with Gasteiger partial charge in [-0.25, -0.2) is 0 Å². The van der Waals surface area contributed by atoms with Gasteiger partial charge in [-0.15, -0.1) is 0 Å². The van der Waals surface area contributed by atoms with Crippen LogP contribution in [0.1, 0.15) is 278 Å². The lowest BCUT2D eigenvalue weighted by molar-refractivity contribution is -0.163. The fourth-order valence-electron chi connectivity index (χ4n) is 8.16. The second kappa shape index (κ2) is 58.4. The molecule has 5 heteroatoms. The predicted molar refractivity (Wildman–Crippen MR) is 297 cm³/mol. The topological polar surface area (TPSA) is 61.8 Å². The lowest BCUT2D eigenvalue weighted by atomic mass is 10.0. The molecule has 0 radical (unpaired) electrons. The van der Waals surface area contributed by atoms with Crippen LogP contribution in [0.3, 0.4) is 0 Å². The molecule has 0 N–H and O–H groups in total. The highest BCUT2D eigenvalue weighted by molar-refractivity contribution is 5.70. The van der Waals surface area contributed by atoms with Crippen LogP contribution in [-0.4, -0.2) is 37.9 Å². The summed E-state index contributed by atoms with van der Waals surface area (Å²) in [6.45, 7) is 7.58. The molecule has 5 nitrogen and oxygen atoms in total. The van der Waals surface area contributed by atoms with Crippen molar-refractivity contribution in [2.45, 2.75) is 284 Å². The van der Waals surface area contributed by atoms with Gasteiger partial charge in [0.25, 0.3) is 0 Å². The van der Waals surface area contributed by atoms with E-state index < -0.39 is 6.10 Å². The van der Waals surface area contributed by atoms with Crippen molar-refractivity contribution in [2.24, 2.45) is 0 Å². The van der Waals surface area contributed by atoms with E-state index in [4.69, 9.17) is 14.2 Å². The molecule has 0 aromatic carbocycles. The van der Waals surface area contributed by atoms with Gasteiger partial charge in [-0.1, -0.05) is 260 Å². The van der Waals surface area contributed by atoms with Crippen LogP contribution in [0.15, 0.2) is 85.1 Å². The Balaban J connectivity index is 4.27. The lowest BCUT2D eigenvalue weighted by Gasteiger charge is -2.18. The summed E-state index contributed by atoms with van der Waals surface area (Å²) < 4.78 is 17.5. The number of hydrogen-bond donors (Lipinski definition) is 0. The molecule has 0 spiro atoms. The maximum Gasteiger partial charge on any atom is 0.306 e. The number of esters is 2. The Morgan fingerprint density at radius 1 is 0.338 bits per heavy atom. The van der Waals surface area contributed by atoms with Crippen molar-refractivity contribution < 1.29 is 23.8 Å². The monoisotopic (exact) mass is 947 g/mol. The summed E-state index contributed by atoms with van der Waals surface area (Å²) in [4.78, 5) is 25.5. The predicted octanol–water partition coefficient (Wildman–Crippen LogP) is 20.0. The molecule has 1 unspecified atom stereocenters. The first-order valence-corrected chi connectivity index (χ1v) is 29.1. The van der Waals surface area contributed by atoms with E-state index in [1.807, 2.05) is 0 Å². The van der Waals surface area contributed by atoms with E-state index in [0.717, 1.165) is 96.3 Å². The number of unbranched alkanes of at least 4 members (excludes halogenated alkanes) is 28. The maximum atomic E-state index is 12.8. The van der Waals surface area contributed by atoms with Gasteiger partial charge < -0.3 is 14.2 Å². The molecule has 392 valence electrons. The highest BCUT2D eigenvalue weighted by Gasteiger charge is 2.17. The zero-order valence-electron chi connectivity index (χ0n) is 45.1. The minimum Gasteiger partial charge on any atom is -0.462 e. The number of carbonyl (C=O) groups excluding carboxylic acids is 2. The van der Waals surface area contributed by atoms with Gasteiger partial charge >= 0.3 is 11.9 Å². The third-order valence-electron chi connectivity index (χ3n) is 12.4. The molecule has 0 aromatic rings. The Bertz CT molecular complexity index is 1250. The van der Waals surface area contributed by atoms with Crippen LogP contribution in [0, 0.1) is 0 Å². The van der Waals surface area contributed by atoms with E-state index in [9.17, 15) is 9.59 Å². The van der Waals surface area contributed by atoms with Gasteiger partial charge in [0, 0.05) is 19.4 Å². The van der Waals surface area contributed by atoms with E-state index in [1.165, 1.54) is 148 Å². The number of allylic oxidation sites excluding steroid dienone is 14. The van der Waals surface area contributed by atoms with E-state index in [2.05, 4.69) is 106 Å². The van der Waals surface area contributed by atoms with Crippen molar-refractivity contribution in [2.75, 3.05) is 19.8 Å². The van der Waals surface area contributed by atoms with Crippen LogP contribution < -0.4 is 0 Å². The van der Waals surface area contributed by atoms with Gasteiger partial charge in [0.1, 0.15) is 6.61 Å². The normalized spacial score (nSPS) is 12.8. The van der Waals surface area contributed by atoms with Crippen LogP contribution in [0.5, 0.6) is 0 Å². The average molecular weight is 948 g/mol. The van der Waals surface area contributed by atoms with Gasteiger partial charge in [-0.05, 0) is 89.9 Å². The highest BCUT2D eigenvalue weighted by Crippen LogP contribution is 2.16. The third-order valence-corrected chi connectivity index (χ3v) is 12.4. The number of hydrogen-bond acceptors (Lipinski definition) is 5. The van der Waals surface area contributed by atoms with E-state index in [0.29, 0.717) is 19.4 Å². The summed E-state index contributed by atoms with van der Waals surface area (Å²) in [5.41, 5.74) is 0. The van der Waals surface area contributed by atoms with Crippen LogP contribution in [0.25, 0.3) is 0 Å². The fourth-order valence-corrected chi connectivity index (χ4v) is 8.16. The van der Waals surface area contributed by atoms with E-state index >= 15 is 0 Å². The fraction of sp³-hybridized carbons (Fsp3) is 0.746. The highest BCUT2D eigenvalue weighted by atomic mass is 16.6. The molecular weight excluding hydrogens is 837 g/mol. The van der Waals surface area contributed by atoms with E-state index in [1.54, 1.807) is 0 Å². The second-order valence-corrected chi connectivity index (χ2v) is 19.1. The SMILES string of the molecule is CC/C=C\C/C=C\C/C=C\C/C=C\CCCCCCCCCOCC(COC(=O)CCCCCCCCCCCCCCCCCCCCC)OC(=O)CCCCC/C=C\C/C=C\C/C=C\CC. The Labute approximate surface area is 422 Å². The van der Waals surface area contributed by atoms with Crippen LogP contribution in [0.2, 0.25) is 0 Å². The molecule has 0 aliphatic heterocycles. The van der Waals surface area contributed by atoms with Crippen molar-refractivity contribution in [3.8, 4) is 0 Å². The van der Waals surface area contributed by atoms with Crippen molar-refractivity contribution in [1.82, 2.24) is 0 Å². The maximum absolute atomic E-state index is 12.8. The molecule has 68 heavy (non-hydrogen) atoms. The lowest BCUT2D eigenvalue weighted by Crippen LogP contribution is -2.30. The Morgan fingerprint density at radius 3 is 1.07 bits per heavy atom. The zero-order chi connectivity index (χ0) is 49.2. The van der Waals surface area contributed by atoms with Crippen molar-refractivity contribution >= 4 is 11.9 Å². The average Bonchev–Trinajstić information content (AvgIpc) is 3.34. The van der Waals surface area contributed by atoms with Gasteiger partial charge in [-0.2, -0.15) is 0 Å². The van der Waals surface area contributed by atoms with Crippen LogP contribution in [0.4, 0.5) is 0 Å². The summed E-state index contributed by atoms with van der Waals surface area (Å²) in [6, 6.07) is 0. The molecule has 0 bridgehead atoms. The summed E-state index contributed by atoms with van der Waals surface area (Å²) >= 11 is 0. The minimum absolute atomic E-state index is 0.0682. The minimum atomic E-state index is -0.560. The molecule has 0 aromatic heterocycles. The smallest absolute Gasteiger partial charge is 0.306 e. The Hall–Kier alpha value is -2.92. The molecule has 0 rings (SSSR count). The molecule has 0 saturated carbocycles. The van der Waals surface area contributed by atoms with Crippen molar-refractivity contribution in [1.29, 1.82) is 0 Å². The van der Waals surface area contributed by atoms with Crippen LogP contribution >= 0.6 is 0 Å². The summed E-state index contributed by atoms with van der Waals surface area (Å²) in [5.74, 6) is -0.429. The summed E-state index contributed by atoms with van der Waals surface area (Å²) in [6.07, 6.45) is 77.6. The van der Waals surface area contributed by atoms with Gasteiger partial charge in [-0.3, -0.25) is 9.59 Å². The number of ether oxygens (including phenoxy) is 3. The quantitative estimate of drug-likeness (QED) is 0.0345. The number of carbonyl (C=O) groups is 2. The molecule has 0 aliphatic rings. The Morgan fingerprint density at radius 2 is 0.662 bits per heavy atom. The van der Waals surface area contributed by atoms with Gasteiger partial charge in [0.05, 0.1) is 6.61 Å². The van der Waals surface area contributed by atoms with Crippen molar-refractivity contribution in [3.63, 3.8) is 0 Å². The summed E-state index contributed by atoms with van der Waals surface area (Å²) in [5, 5.41) is 0. The molecule has 0 fully saturated rings. The molecule has 0 saturated heterocycles. The molecular formula is C63H110O5. The Kier molecular flexibility index (Phi) is 55.9. The first-order valence-electron chi connectivity index (χ1n) is 29.1. The molecule has 1 atom stereocenters. The number of rotatable bonds is 53. The molecule has 0 heterocycles. The van der Waals surface area contributed by atoms with Gasteiger partial charge in [0.2, 0.25) is 0 Å². The largest absolute Gasteiger partial charge is 0.462 e. The van der Waals surface area contributed by atoms with Crippen molar-refractivity contribution in [3.05, 3.63) is 85.1 Å². The van der Waals surface area contributed by atoms with Crippen LogP contribution in [-0.2, 0) is 23.8 Å². The van der Waals surface area contributed by atoms with E-state index in [-0.39, 0.29) is 25.2 Å². The first kappa shape index (κ1) is 65.1. The third kappa shape index (κ3) is 55.7. The molecule has 0 aliphatic carbocycles. The molecule has 0 amide bonds. The summed E-state index contributed by atoms with van der Waals surface area (Å²) in [7, 11) is 0. The standard InChI is InChI=1S/C63H110O5/c1-4-7-10-13-16-19-22-25-27-29-31-33-35-37-40-43-46-49-52-55-58-66-59-61(68-63(65)57-54-51-48-45-42-38-24-21-18-15-12-9-6-3)60-67-62(64)56-53-50-47-44-41-39-36-34-32-30-28-26-23-20-17-14-11-8-5-2/h7,9-10,12,16,18-19,21,25,27,31,33,38,42,61H,4-6,8,11,13-15,17,20,22-24,26,28-30,32,34-37,39-41,43-60H2,1-3H3/b10-7-,12-9-,19-16-,21-18-,27-25-,33-31-,42-38-. The zero-order valence-corrected chi connectivity index (χ0v) is 45.1.